The molecule has 29 heavy (non-hydrogen) atoms. The van der Waals surface area contributed by atoms with E-state index in [4.69, 9.17) is 0 Å². The molecule has 1 aliphatic rings. The highest BCUT2D eigenvalue weighted by Crippen LogP contribution is 2.18. The third kappa shape index (κ3) is 6.42. The molecule has 0 atom stereocenters. The summed E-state index contributed by atoms with van der Waals surface area (Å²) in [7, 11) is 1.91. The minimum Gasteiger partial charge on any atom is -0.357 e. The number of amides is 1. The summed E-state index contributed by atoms with van der Waals surface area (Å²) in [6.45, 7) is 4.76. The van der Waals surface area contributed by atoms with Crippen LogP contribution in [0, 0.1) is 5.82 Å². The van der Waals surface area contributed by atoms with E-state index in [0.717, 1.165) is 18.5 Å². The fraction of sp³-hybridized carbons (Fsp3) is 0.364. The number of hydrogen-bond donors (Lipinski definition) is 1. The number of benzene rings is 2. The molecular formula is C22H28FIN4O. The Balaban J connectivity index is 0.00000300. The molecule has 0 aromatic heterocycles. The molecule has 0 saturated heterocycles. The summed E-state index contributed by atoms with van der Waals surface area (Å²) in [5.74, 6) is 0.443. The Labute approximate surface area is 189 Å². The van der Waals surface area contributed by atoms with Crippen LogP contribution in [-0.4, -0.2) is 48.3 Å². The largest absolute Gasteiger partial charge is 0.357 e. The summed E-state index contributed by atoms with van der Waals surface area (Å²) in [4.78, 5) is 21.0. The summed E-state index contributed by atoms with van der Waals surface area (Å²) in [5, 5.41) is 3.22. The molecular weight excluding hydrogens is 482 g/mol. The molecule has 0 bridgehead atoms. The second-order valence-corrected chi connectivity index (χ2v) is 6.99. The quantitative estimate of drug-likeness (QED) is 0.381. The van der Waals surface area contributed by atoms with Crippen molar-refractivity contribution in [3.8, 4) is 0 Å². The molecule has 1 aliphatic heterocycles. The number of nitrogens with zero attached hydrogens (tertiary/aromatic N) is 3. The minimum atomic E-state index is -0.249. The molecule has 1 N–H and O–H groups in total. The Bertz CT molecular complexity index is 841. The van der Waals surface area contributed by atoms with Crippen molar-refractivity contribution in [3.63, 3.8) is 0 Å². The molecule has 7 heteroatoms. The smallest absolute Gasteiger partial charge is 0.244 e. The van der Waals surface area contributed by atoms with Gasteiger partial charge < -0.3 is 15.1 Å². The zero-order valence-electron chi connectivity index (χ0n) is 16.9. The van der Waals surface area contributed by atoms with Crippen LogP contribution in [0.2, 0.25) is 0 Å². The molecule has 0 spiro atoms. The number of fused-ring (bicyclic) bond motifs is 1. The van der Waals surface area contributed by atoms with Gasteiger partial charge in [0.05, 0.1) is 0 Å². The highest BCUT2D eigenvalue weighted by atomic mass is 127. The van der Waals surface area contributed by atoms with Crippen molar-refractivity contribution in [2.45, 2.75) is 26.4 Å². The summed E-state index contributed by atoms with van der Waals surface area (Å²) in [5.41, 5.74) is 3.52. The van der Waals surface area contributed by atoms with Crippen LogP contribution in [0.4, 0.5) is 4.39 Å². The van der Waals surface area contributed by atoms with E-state index in [1.807, 2.05) is 35.9 Å². The first-order valence-electron chi connectivity index (χ1n) is 9.65. The third-order valence-corrected chi connectivity index (χ3v) is 4.88. The fourth-order valence-corrected chi connectivity index (χ4v) is 3.36. The number of carbonyl (C=O) groups excluding carboxylic acids is 1. The van der Waals surface area contributed by atoms with Crippen LogP contribution in [-0.2, 0) is 24.3 Å². The Hall–Kier alpha value is -2.16. The van der Waals surface area contributed by atoms with E-state index >= 15 is 0 Å². The van der Waals surface area contributed by atoms with Gasteiger partial charge in [-0.15, -0.1) is 24.0 Å². The van der Waals surface area contributed by atoms with Gasteiger partial charge in [-0.1, -0.05) is 36.4 Å². The van der Waals surface area contributed by atoms with Crippen LogP contribution >= 0.6 is 24.0 Å². The molecule has 0 aliphatic carbocycles. The number of halogens is 2. The standard InChI is InChI=1S/C22H27FN4O.HI/c1-3-24-22(26(2)15-17-8-10-20(23)11-9-17)25-14-21(28)27-13-12-18-6-4-5-7-19(18)16-27;/h4-11H,3,12-16H2,1-2H3,(H,24,25);1H. The SMILES string of the molecule is CCNC(=NCC(=O)N1CCc2ccccc2C1)N(C)Cc1ccc(F)cc1.I. The topological polar surface area (TPSA) is 47.9 Å². The second kappa shape index (κ2) is 11.1. The van der Waals surface area contributed by atoms with Crippen molar-refractivity contribution >= 4 is 35.8 Å². The number of nitrogens with one attached hydrogen (secondary N) is 1. The van der Waals surface area contributed by atoms with Gasteiger partial charge in [0.25, 0.3) is 0 Å². The van der Waals surface area contributed by atoms with Crippen LogP contribution in [0.3, 0.4) is 0 Å². The Kier molecular flexibility index (Phi) is 8.88. The normalized spacial score (nSPS) is 13.3. The molecule has 156 valence electrons. The lowest BCUT2D eigenvalue weighted by Crippen LogP contribution is -2.41. The lowest BCUT2D eigenvalue weighted by atomic mass is 10.00. The van der Waals surface area contributed by atoms with Gasteiger partial charge in [-0.25, -0.2) is 9.38 Å². The van der Waals surface area contributed by atoms with Gasteiger partial charge in [-0.2, -0.15) is 0 Å². The average molecular weight is 510 g/mol. The van der Waals surface area contributed by atoms with Crippen LogP contribution < -0.4 is 5.32 Å². The fourth-order valence-electron chi connectivity index (χ4n) is 3.36. The monoisotopic (exact) mass is 510 g/mol. The first-order chi connectivity index (χ1) is 13.6. The van der Waals surface area contributed by atoms with Crippen molar-refractivity contribution in [1.29, 1.82) is 0 Å². The Morgan fingerprint density at radius 3 is 2.55 bits per heavy atom. The van der Waals surface area contributed by atoms with Crippen molar-refractivity contribution in [3.05, 3.63) is 71.0 Å². The molecule has 3 rings (SSSR count). The summed E-state index contributed by atoms with van der Waals surface area (Å²) < 4.78 is 13.1. The molecule has 2 aromatic carbocycles. The molecule has 1 heterocycles. The molecule has 0 radical (unpaired) electrons. The van der Waals surface area contributed by atoms with E-state index in [1.165, 1.54) is 23.3 Å². The predicted octanol–water partition coefficient (Wildman–Crippen LogP) is 3.43. The van der Waals surface area contributed by atoms with Crippen LogP contribution in [0.1, 0.15) is 23.6 Å². The van der Waals surface area contributed by atoms with Crippen LogP contribution in [0.5, 0.6) is 0 Å². The molecule has 2 aromatic rings. The number of carbonyl (C=O) groups is 1. The molecule has 0 saturated carbocycles. The Morgan fingerprint density at radius 1 is 1.17 bits per heavy atom. The second-order valence-electron chi connectivity index (χ2n) is 6.99. The van der Waals surface area contributed by atoms with E-state index in [-0.39, 0.29) is 42.2 Å². The summed E-state index contributed by atoms with van der Waals surface area (Å²) >= 11 is 0. The highest BCUT2D eigenvalue weighted by Gasteiger charge is 2.20. The first-order valence-corrected chi connectivity index (χ1v) is 9.65. The molecule has 5 nitrogen and oxygen atoms in total. The zero-order valence-corrected chi connectivity index (χ0v) is 19.2. The minimum absolute atomic E-state index is 0. The van der Waals surface area contributed by atoms with Gasteiger partial charge in [0.15, 0.2) is 5.96 Å². The van der Waals surface area contributed by atoms with Gasteiger partial charge in [-0.05, 0) is 42.2 Å². The van der Waals surface area contributed by atoms with Gasteiger partial charge in [0.1, 0.15) is 12.4 Å². The lowest BCUT2D eigenvalue weighted by Gasteiger charge is -2.29. The number of hydrogen-bond acceptors (Lipinski definition) is 2. The average Bonchev–Trinajstić information content (AvgIpc) is 2.72. The predicted molar refractivity (Wildman–Crippen MR) is 125 cm³/mol. The molecule has 1 amide bonds. The van der Waals surface area contributed by atoms with Crippen LogP contribution in [0.25, 0.3) is 0 Å². The molecule has 0 fully saturated rings. The molecule has 0 unspecified atom stereocenters. The van der Waals surface area contributed by atoms with E-state index < -0.39 is 0 Å². The van der Waals surface area contributed by atoms with E-state index in [9.17, 15) is 9.18 Å². The summed E-state index contributed by atoms with van der Waals surface area (Å²) in [6, 6.07) is 14.7. The van der Waals surface area contributed by atoms with Crippen molar-refractivity contribution in [1.82, 2.24) is 15.1 Å². The maximum atomic E-state index is 13.1. The van der Waals surface area contributed by atoms with Gasteiger partial charge in [0, 0.05) is 33.2 Å². The van der Waals surface area contributed by atoms with Gasteiger partial charge in [-0.3, -0.25) is 4.79 Å². The lowest BCUT2D eigenvalue weighted by molar-refractivity contribution is -0.130. The number of rotatable bonds is 5. The van der Waals surface area contributed by atoms with E-state index in [0.29, 0.717) is 25.6 Å². The Morgan fingerprint density at radius 2 is 1.86 bits per heavy atom. The van der Waals surface area contributed by atoms with Gasteiger partial charge >= 0.3 is 0 Å². The van der Waals surface area contributed by atoms with E-state index in [1.54, 1.807) is 12.1 Å². The maximum Gasteiger partial charge on any atom is 0.244 e. The summed E-state index contributed by atoms with van der Waals surface area (Å²) in [6.07, 6.45) is 0.885. The van der Waals surface area contributed by atoms with Crippen molar-refractivity contribution in [2.24, 2.45) is 4.99 Å². The van der Waals surface area contributed by atoms with E-state index in [2.05, 4.69) is 22.4 Å². The maximum absolute atomic E-state index is 13.1. The van der Waals surface area contributed by atoms with Crippen molar-refractivity contribution in [2.75, 3.05) is 26.7 Å². The number of guanidine groups is 1. The van der Waals surface area contributed by atoms with Crippen LogP contribution in [0.15, 0.2) is 53.5 Å². The third-order valence-electron chi connectivity index (χ3n) is 4.88. The highest BCUT2D eigenvalue weighted by molar-refractivity contribution is 14.0. The van der Waals surface area contributed by atoms with Gasteiger partial charge in [0.2, 0.25) is 5.91 Å². The van der Waals surface area contributed by atoms with Crippen molar-refractivity contribution < 1.29 is 9.18 Å². The number of aliphatic imine (C=N–C) groups is 1. The first kappa shape index (κ1) is 23.1. The zero-order chi connectivity index (χ0) is 19.9.